The first-order valence-electron chi connectivity index (χ1n) is 9.85. The number of aromatic carboxylic acids is 1. The van der Waals surface area contributed by atoms with Gasteiger partial charge in [0.1, 0.15) is 5.82 Å². The number of anilines is 1. The number of benzene rings is 2. The average molecular weight is 389 g/mol. The summed E-state index contributed by atoms with van der Waals surface area (Å²) in [5, 5.41) is 9.67. The summed E-state index contributed by atoms with van der Waals surface area (Å²) in [5.41, 5.74) is 3.65. The van der Waals surface area contributed by atoms with Gasteiger partial charge in [-0.05, 0) is 67.8 Å². The fourth-order valence-electron chi connectivity index (χ4n) is 3.86. The van der Waals surface area contributed by atoms with E-state index in [-0.39, 0.29) is 11.1 Å². The Balaban J connectivity index is 1.75. The van der Waals surface area contributed by atoms with E-state index < -0.39 is 5.97 Å². The summed E-state index contributed by atoms with van der Waals surface area (Å²) in [6.45, 7) is 6.78. The van der Waals surface area contributed by atoms with Crippen molar-refractivity contribution in [1.82, 2.24) is 9.55 Å². The van der Waals surface area contributed by atoms with Crippen molar-refractivity contribution in [3.63, 3.8) is 0 Å². The van der Waals surface area contributed by atoms with Gasteiger partial charge in [0, 0.05) is 25.3 Å². The molecule has 0 aliphatic carbocycles. The van der Waals surface area contributed by atoms with Gasteiger partial charge in [0.25, 0.3) is 5.56 Å². The van der Waals surface area contributed by atoms with Crippen LogP contribution in [0.3, 0.4) is 0 Å². The Bertz CT molecular complexity index is 1170. The Morgan fingerprint density at radius 1 is 1.17 bits per heavy atom. The molecule has 0 spiro atoms. The molecule has 0 saturated carbocycles. The van der Waals surface area contributed by atoms with E-state index in [1.807, 2.05) is 0 Å². The maximum absolute atomic E-state index is 12.8. The van der Waals surface area contributed by atoms with E-state index in [4.69, 9.17) is 0 Å². The van der Waals surface area contributed by atoms with Crippen molar-refractivity contribution < 1.29 is 9.90 Å². The van der Waals surface area contributed by atoms with Crippen LogP contribution in [0.5, 0.6) is 0 Å². The smallest absolute Gasteiger partial charge is 0.335 e. The minimum atomic E-state index is -1.03. The van der Waals surface area contributed by atoms with Gasteiger partial charge in [-0.25, -0.2) is 9.78 Å². The second kappa shape index (κ2) is 7.54. The zero-order valence-electron chi connectivity index (χ0n) is 16.6. The van der Waals surface area contributed by atoms with Crippen molar-refractivity contribution in [2.45, 2.75) is 26.8 Å². The molecule has 0 amide bonds. The van der Waals surface area contributed by atoms with E-state index >= 15 is 0 Å². The minimum Gasteiger partial charge on any atom is -0.478 e. The number of aromatic nitrogens is 2. The number of carboxylic acid groups (broad SMARTS) is 1. The number of carbonyl (C=O) groups is 1. The molecule has 6 heteroatoms. The van der Waals surface area contributed by atoms with Crippen LogP contribution < -0.4 is 10.5 Å². The molecule has 2 heterocycles. The summed E-state index contributed by atoms with van der Waals surface area (Å²) >= 11 is 0. The maximum atomic E-state index is 12.8. The van der Waals surface area contributed by atoms with Crippen molar-refractivity contribution in [3.8, 4) is 0 Å². The van der Waals surface area contributed by atoms with Crippen LogP contribution in [0.1, 0.15) is 42.0 Å². The van der Waals surface area contributed by atoms with Crippen LogP contribution in [0.4, 0.5) is 5.69 Å². The highest BCUT2D eigenvalue weighted by molar-refractivity contribution is 5.93. The standard InChI is InChI=1S/C23H23N3O3/c1-3-25(4-2)18-8-5-15(6-9-18)13-16-11-12-26-21(16)24-20-14-17(23(28)29)7-10-19(20)22(26)27/h5-10,13-14H,3-4,11-12H2,1-2H3,(H,28,29)/b16-13-. The Kier molecular flexibility index (Phi) is 4.92. The van der Waals surface area contributed by atoms with E-state index in [0.29, 0.717) is 23.3 Å². The maximum Gasteiger partial charge on any atom is 0.335 e. The van der Waals surface area contributed by atoms with Crippen LogP contribution in [0.15, 0.2) is 47.3 Å². The molecule has 3 aromatic rings. The van der Waals surface area contributed by atoms with Gasteiger partial charge < -0.3 is 10.0 Å². The largest absolute Gasteiger partial charge is 0.478 e. The number of hydrogen-bond acceptors (Lipinski definition) is 4. The number of carboxylic acids is 1. The highest BCUT2D eigenvalue weighted by Crippen LogP contribution is 2.28. The van der Waals surface area contributed by atoms with Crippen molar-refractivity contribution >= 4 is 34.2 Å². The summed E-state index contributed by atoms with van der Waals surface area (Å²) in [7, 11) is 0. The van der Waals surface area contributed by atoms with Crippen LogP contribution in [0, 0.1) is 0 Å². The summed E-state index contributed by atoms with van der Waals surface area (Å²) in [6.07, 6.45) is 2.78. The highest BCUT2D eigenvalue weighted by Gasteiger charge is 2.21. The molecule has 148 valence electrons. The van der Waals surface area contributed by atoms with Gasteiger partial charge in [0.05, 0.1) is 16.5 Å². The lowest BCUT2D eigenvalue weighted by atomic mass is 10.1. The fourth-order valence-corrected chi connectivity index (χ4v) is 3.86. The Hall–Kier alpha value is -3.41. The second-order valence-electron chi connectivity index (χ2n) is 7.11. The first-order valence-corrected chi connectivity index (χ1v) is 9.85. The molecule has 0 radical (unpaired) electrons. The highest BCUT2D eigenvalue weighted by atomic mass is 16.4. The lowest BCUT2D eigenvalue weighted by Gasteiger charge is -2.20. The molecule has 0 unspecified atom stereocenters. The molecule has 0 bridgehead atoms. The van der Waals surface area contributed by atoms with Crippen molar-refractivity contribution in [2.24, 2.45) is 0 Å². The van der Waals surface area contributed by atoms with Gasteiger partial charge >= 0.3 is 5.97 Å². The fraction of sp³-hybridized carbons (Fsp3) is 0.261. The summed E-state index contributed by atoms with van der Waals surface area (Å²) in [6, 6.07) is 12.8. The van der Waals surface area contributed by atoms with Crippen LogP contribution in [-0.4, -0.2) is 33.7 Å². The van der Waals surface area contributed by atoms with Gasteiger partial charge in [0.15, 0.2) is 0 Å². The van der Waals surface area contributed by atoms with Crippen LogP contribution in [0.2, 0.25) is 0 Å². The number of rotatable bonds is 5. The van der Waals surface area contributed by atoms with Crippen molar-refractivity contribution in [1.29, 1.82) is 0 Å². The van der Waals surface area contributed by atoms with E-state index in [1.165, 1.54) is 17.8 Å². The normalized spacial score (nSPS) is 14.3. The second-order valence-corrected chi connectivity index (χ2v) is 7.11. The molecule has 0 saturated heterocycles. The lowest BCUT2D eigenvalue weighted by Crippen LogP contribution is -2.21. The molecule has 6 nitrogen and oxygen atoms in total. The van der Waals surface area contributed by atoms with E-state index in [9.17, 15) is 14.7 Å². The Morgan fingerprint density at radius 2 is 1.90 bits per heavy atom. The molecule has 0 atom stereocenters. The third kappa shape index (κ3) is 3.42. The number of nitrogens with zero attached hydrogens (tertiary/aromatic N) is 3. The predicted octanol–water partition coefficient (Wildman–Crippen LogP) is 3.89. The van der Waals surface area contributed by atoms with Crippen molar-refractivity contribution in [2.75, 3.05) is 18.0 Å². The number of hydrogen-bond donors (Lipinski definition) is 1. The average Bonchev–Trinajstić information content (AvgIpc) is 3.12. The quantitative estimate of drug-likeness (QED) is 0.717. The molecule has 29 heavy (non-hydrogen) atoms. The Morgan fingerprint density at radius 3 is 2.55 bits per heavy atom. The van der Waals surface area contributed by atoms with Crippen LogP contribution in [0.25, 0.3) is 22.6 Å². The zero-order valence-corrected chi connectivity index (χ0v) is 16.6. The molecule has 0 fully saturated rings. The van der Waals surface area contributed by atoms with Crippen LogP contribution >= 0.6 is 0 Å². The summed E-state index contributed by atoms with van der Waals surface area (Å²) < 4.78 is 1.68. The summed E-state index contributed by atoms with van der Waals surface area (Å²) in [5.74, 6) is -0.406. The topological polar surface area (TPSA) is 75.4 Å². The molecular weight excluding hydrogens is 366 g/mol. The lowest BCUT2D eigenvalue weighted by molar-refractivity contribution is 0.0697. The van der Waals surface area contributed by atoms with Gasteiger partial charge in [-0.3, -0.25) is 9.36 Å². The van der Waals surface area contributed by atoms with Gasteiger partial charge in [-0.2, -0.15) is 0 Å². The van der Waals surface area contributed by atoms with E-state index in [2.05, 4.69) is 54.1 Å². The van der Waals surface area contributed by atoms with Crippen LogP contribution in [-0.2, 0) is 6.54 Å². The third-order valence-corrected chi connectivity index (χ3v) is 5.46. The number of allylic oxidation sites excluding steroid dienone is 1. The monoisotopic (exact) mass is 389 g/mol. The Labute approximate surface area is 168 Å². The zero-order chi connectivity index (χ0) is 20.5. The molecule has 1 aliphatic rings. The van der Waals surface area contributed by atoms with Gasteiger partial charge in [-0.1, -0.05) is 12.1 Å². The SMILES string of the molecule is CCN(CC)c1ccc(/C=C2/CCn3c2nc2cc(C(=O)O)ccc2c3=O)cc1. The number of fused-ring (bicyclic) bond motifs is 2. The minimum absolute atomic E-state index is 0.123. The molecule has 1 aliphatic heterocycles. The molecular formula is C23H23N3O3. The first-order chi connectivity index (χ1) is 14.0. The van der Waals surface area contributed by atoms with E-state index in [0.717, 1.165) is 30.6 Å². The first kappa shape index (κ1) is 18.9. The summed E-state index contributed by atoms with van der Waals surface area (Å²) in [4.78, 5) is 31.0. The van der Waals surface area contributed by atoms with Gasteiger partial charge in [-0.15, -0.1) is 0 Å². The van der Waals surface area contributed by atoms with Gasteiger partial charge in [0.2, 0.25) is 0 Å². The predicted molar refractivity (Wildman–Crippen MR) is 115 cm³/mol. The third-order valence-electron chi connectivity index (χ3n) is 5.46. The molecule has 1 N–H and O–H groups in total. The van der Waals surface area contributed by atoms with Crippen molar-refractivity contribution in [3.05, 3.63) is 69.8 Å². The molecule has 1 aromatic heterocycles. The molecule has 2 aromatic carbocycles. The van der Waals surface area contributed by atoms with E-state index in [1.54, 1.807) is 10.6 Å². The molecule has 4 rings (SSSR count).